The van der Waals surface area contributed by atoms with Crippen molar-refractivity contribution in [3.05, 3.63) is 40.8 Å². The second-order valence-corrected chi connectivity index (χ2v) is 5.89. The molecule has 0 bridgehead atoms. The Balaban J connectivity index is 2.20. The van der Waals surface area contributed by atoms with E-state index in [0.717, 1.165) is 22.6 Å². The topological polar surface area (TPSA) is 42.3 Å². The van der Waals surface area contributed by atoms with Gasteiger partial charge in [-0.05, 0) is 32.0 Å². The minimum absolute atomic E-state index is 0.0460. The van der Waals surface area contributed by atoms with Crippen LogP contribution in [0.2, 0.25) is 0 Å². The maximum atomic E-state index is 13.5. The molecule has 1 heterocycles. The number of nitrogens with zero attached hydrogens (tertiary/aromatic N) is 3. The highest BCUT2D eigenvalue weighted by Gasteiger charge is 2.17. The third-order valence-corrected chi connectivity index (χ3v) is 3.98. The zero-order valence-corrected chi connectivity index (χ0v) is 14.6. The molecule has 0 aliphatic heterocycles. The molecule has 0 radical (unpaired) electrons. The van der Waals surface area contributed by atoms with Crippen molar-refractivity contribution in [2.75, 3.05) is 26.1 Å². The highest BCUT2D eigenvalue weighted by Crippen LogP contribution is 2.27. The van der Waals surface area contributed by atoms with Gasteiger partial charge in [0.25, 0.3) is 0 Å². The molecule has 0 amide bonds. The molecule has 0 aliphatic carbocycles. The van der Waals surface area contributed by atoms with Gasteiger partial charge < -0.3 is 15.0 Å². The monoisotopic (exact) mass is 320 g/mol. The van der Waals surface area contributed by atoms with Gasteiger partial charge in [0.1, 0.15) is 17.4 Å². The molecular formula is C17H25FN4O. The Labute approximate surface area is 137 Å². The first-order valence-electron chi connectivity index (χ1n) is 7.61. The van der Waals surface area contributed by atoms with E-state index >= 15 is 0 Å². The molecule has 0 saturated carbocycles. The van der Waals surface area contributed by atoms with Gasteiger partial charge in [-0.1, -0.05) is 0 Å². The fourth-order valence-electron chi connectivity index (χ4n) is 2.86. The van der Waals surface area contributed by atoms with Crippen molar-refractivity contribution < 1.29 is 9.13 Å². The van der Waals surface area contributed by atoms with E-state index in [9.17, 15) is 4.39 Å². The lowest BCUT2D eigenvalue weighted by atomic mass is 10.1. The molecule has 1 N–H and O–H groups in total. The molecular weight excluding hydrogens is 295 g/mol. The van der Waals surface area contributed by atoms with Gasteiger partial charge in [-0.3, -0.25) is 4.68 Å². The fraction of sp³-hybridized carbons (Fsp3) is 0.471. The molecule has 1 aromatic heterocycles. The first-order valence-corrected chi connectivity index (χ1v) is 7.61. The predicted molar refractivity (Wildman–Crippen MR) is 90.5 cm³/mol. The molecule has 5 nitrogen and oxygen atoms in total. The zero-order chi connectivity index (χ0) is 17.1. The van der Waals surface area contributed by atoms with Crippen LogP contribution in [-0.4, -0.2) is 31.0 Å². The van der Waals surface area contributed by atoms with E-state index in [1.165, 1.54) is 12.1 Å². The van der Waals surface area contributed by atoms with E-state index in [2.05, 4.69) is 10.4 Å². The van der Waals surface area contributed by atoms with E-state index in [4.69, 9.17) is 4.74 Å². The summed E-state index contributed by atoms with van der Waals surface area (Å²) in [6, 6.07) is 4.53. The lowest BCUT2D eigenvalue weighted by Gasteiger charge is -2.19. The van der Waals surface area contributed by atoms with Crippen LogP contribution < -0.4 is 15.0 Å². The van der Waals surface area contributed by atoms with Crippen LogP contribution in [0.3, 0.4) is 0 Å². The first-order chi connectivity index (χ1) is 10.8. The molecule has 23 heavy (non-hydrogen) atoms. The summed E-state index contributed by atoms with van der Waals surface area (Å²) in [5.41, 5.74) is 2.93. The Morgan fingerprint density at radius 2 is 2.09 bits per heavy atom. The molecule has 0 fully saturated rings. The van der Waals surface area contributed by atoms with Crippen molar-refractivity contribution in [3.8, 4) is 5.75 Å². The number of aromatic nitrogens is 2. The van der Waals surface area contributed by atoms with Crippen LogP contribution in [0.5, 0.6) is 5.75 Å². The van der Waals surface area contributed by atoms with Crippen molar-refractivity contribution in [2.24, 2.45) is 7.05 Å². The van der Waals surface area contributed by atoms with Crippen molar-refractivity contribution in [2.45, 2.75) is 26.4 Å². The van der Waals surface area contributed by atoms with E-state index < -0.39 is 0 Å². The predicted octanol–water partition coefficient (Wildman–Crippen LogP) is 2.79. The van der Waals surface area contributed by atoms with Crippen LogP contribution >= 0.6 is 0 Å². The van der Waals surface area contributed by atoms with Gasteiger partial charge in [0.15, 0.2) is 0 Å². The highest BCUT2D eigenvalue weighted by molar-refractivity contribution is 5.49. The quantitative estimate of drug-likeness (QED) is 0.889. The van der Waals surface area contributed by atoms with Crippen molar-refractivity contribution in [3.63, 3.8) is 0 Å². The van der Waals surface area contributed by atoms with Crippen LogP contribution in [0.1, 0.15) is 29.8 Å². The van der Waals surface area contributed by atoms with Crippen molar-refractivity contribution in [1.29, 1.82) is 0 Å². The minimum atomic E-state index is -0.263. The summed E-state index contributed by atoms with van der Waals surface area (Å²) in [4.78, 5) is 2.05. The Morgan fingerprint density at radius 1 is 1.39 bits per heavy atom. The second kappa shape index (κ2) is 7.00. The number of hydrogen-bond donors (Lipinski definition) is 1. The van der Waals surface area contributed by atoms with Crippen molar-refractivity contribution in [1.82, 2.24) is 15.1 Å². The van der Waals surface area contributed by atoms with Gasteiger partial charge in [-0.2, -0.15) is 5.10 Å². The Hall–Kier alpha value is -2.08. The van der Waals surface area contributed by atoms with E-state index in [0.29, 0.717) is 12.3 Å². The Kier molecular flexibility index (Phi) is 5.26. The SMILES string of the molecule is COc1ccc(F)cc1C(C)NCc1c(C)nn(C)c1N(C)C. The van der Waals surface area contributed by atoms with Crippen molar-refractivity contribution >= 4 is 5.82 Å². The molecule has 2 aromatic rings. The fourth-order valence-corrected chi connectivity index (χ4v) is 2.86. The molecule has 2 rings (SSSR count). The summed E-state index contributed by atoms with van der Waals surface area (Å²) >= 11 is 0. The molecule has 1 aromatic carbocycles. The lowest BCUT2D eigenvalue weighted by molar-refractivity contribution is 0.399. The van der Waals surface area contributed by atoms with Gasteiger partial charge >= 0.3 is 0 Å². The molecule has 0 aliphatic rings. The number of anilines is 1. The number of aryl methyl sites for hydroxylation is 2. The number of halogens is 1. The largest absolute Gasteiger partial charge is 0.496 e. The van der Waals surface area contributed by atoms with Gasteiger partial charge in [-0.25, -0.2) is 4.39 Å². The summed E-state index contributed by atoms with van der Waals surface area (Å²) in [7, 11) is 7.53. The molecule has 6 heteroatoms. The number of methoxy groups -OCH3 is 1. The number of benzene rings is 1. The Bertz CT molecular complexity index is 681. The highest BCUT2D eigenvalue weighted by atomic mass is 19.1. The standard InChI is InChI=1S/C17H25FN4O/c1-11(14-9-13(18)7-8-16(14)23-6)19-10-15-12(2)20-22(5)17(15)21(3)4/h7-9,11,19H,10H2,1-6H3. The molecule has 1 unspecified atom stereocenters. The third kappa shape index (κ3) is 3.64. The molecule has 0 spiro atoms. The van der Waals surface area contributed by atoms with E-state index in [1.54, 1.807) is 13.2 Å². The van der Waals surface area contributed by atoms with Crippen LogP contribution in [-0.2, 0) is 13.6 Å². The number of hydrogen-bond acceptors (Lipinski definition) is 4. The van der Waals surface area contributed by atoms with Gasteiger partial charge in [0.2, 0.25) is 0 Å². The minimum Gasteiger partial charge on any atom is -0.496 e. The maximum Gasteiger partial charge on any atom is 0.130 e. The summed E-state index contributed by atoms with van der Waals surface area (Å²) in [6.07, 6.45) is 0. The van der Waals surface area contributed by atoms with Crippen LogP contribution in [0.15, 0.2) is 18.2 Å². The number of nitrogens with one attached hydrogen (secondary N) is 1. The summed E-state index contributed by atoms with van der Waals surface area (Å²) in [5.74, 6) is 1.48. The van der Waals surface area contributed by atoms with Gasteiger partial charge in [0, 0.05) is 44.9 Å². The molecule has 0 saturated heterocycles. The summed E-state index contributed by atoms with van der Waals surface area (Å²) < 4.78 is 20.7. The average molecular weight is 320 g/mol. The average Bonchev–Trinajstić information content (AvgIpc) is 2.78. The number of rotatable bonds is 6. The van der Waals surface area contributed by atoms with Gasteiger partial charge in [0.05, 0.1) is 12.8 Å². The van der Waals surface area contributed by atoms with Gasteiger partial charge in [-0.15, -0.1) is 0 Å². The van der Waals surface area contributed by atoms with Crippen LogP contribution in [0.25, 0.3) is 0 Å². The summed E-state index contributed by atoms with van der Waals surface area (Å²) in [5, 5.41) is 7.92. The maximum absolute atomic E-state index is 13.5. The number of ether oxygens (including phenoxy) is 1. The smallest absolute Gasteiger partial charge is 0.130 e. The first kappa shape index (κ1) is 17.3. The Morgan fingerprint density at radius 3 is 2.70 bits per heavy atom. The van der Waals surface area contributed by atoms with E-state index in [1.807, 2.05) is 44.6 Å². The van der Waals surface area contributed by atoms with Crippen LogP contribution in [0.4, 0.5) is 10.2 Å². The molecule has 1 atom stereocenters. The molecule has 126 valence electrons. The van der Waals surface area contributed by atoms with Crippen LogP contribution in [0, 0.1) is 12.7 Å². The zero-order valence-electron chi connectivity index (χ0n) is 14.6. The third-order valence-electron chi connectivity index (χ3n) is 3.98. The van der Waals surface area contributed by atoms with E-state index in [-0.39, 0.29) is 11.9 Å². The normalized spacial score (nSPS) is 12.3. The lowest BCUT2D eigenvalue weighted by Crippen LogP contribution is -2.22. The summed E-state index contributed by atoms with van der Waals surface area (Å²) in [6.45, 7) is 4.64. The second-order valence-electron chi connectivity index (χ2n) is 5.89.